The molecule has 1 saturated carbocycles. The van der Waals surface area contributed by atoms with E-state index in [1.54, 1.807) is 18.2 Å². The van der Waals surface area contributed by atoms with Gasteiger partial charge < -0.3 is 11.1 Å². The molecule has 0 radical (unpaired) electrons. The standard InChI is InChI=1S/C15H21ClN2O/c1-9-4-3-5-14(10(9)2)18-15(19)11-6-7-13(17)12(16)8-11/h6-10,14H,3-5,17H2,1-2H3,(H,18,19). The molecular formula is C15H21ClN2O. The molecule has 1 fully saturated rings. The number of nitrogens with two attached hydrogens (primary N) is 1. The third kappa shape index (κ3) is 3.21. The number of nitrogen functional groups attached to an aromatic ring is 1. The number of carbonyl (C=O) groups is 1. The summed E-state index contributed by atoms with van der Waals surface area (Å²) >= 11 is 5.95. The molecule has 19 heavy (non-hydrogen) atoms. The Balaban J connectivity index is 2.06. The number of nitrogens with one attached hydrogen (secondary N) is 1. The maximum absolute atomic E-state index is 12.2. The van der Waals surface area contributed by atoms with Gasteiger partial charge in [0.1, 0.15) is 0 Å². The van der Waals surface area contributed by atoms with E-state index in [0.29, 0.717) is 28.1 Å². The number of hydrogen-bond acceptors (Lipinski definition) is 2. The summed E-state index contributed by atoms with van der Waals surface area (Å²) in [7, 11) is 0. The number of benzene rings is 1. The Morgan fingerprint density at radius 1 is 1.37 bits per heavy atom. The van der Waals surface area contributed by atoms with Crippen molar-refractivity contribution in [2.75, 3.05) is 5.73 Å². The lowest BCUT2D eigenvalue weighted by atomic mass is 9.78. The molecule has 0 saturated heterocycles. The van der Waals surface area contributed by atoms with Crippen molar-refractivity contribution >= 4 is 23.2 Å². The van der Waals surface area contributed by atoms with Gasteiger partial charge in [0.05, 0.1) is 10.7 Å². The number of carbonyl (C=O) groups excluding carboxylic acids is 1. The molecule has 3 N–H and O–H groups in total. The van der Waals surface area contributed by atoms with E-state index in [4.69, 9.17) is 17.3 Å². The lowest BCUT2D eigenvalue weighted by molar-refractivity contribution is 0.0891. The smallest absolute Gasteiger partial charge is 0.251 e. The molecule has 2 rings (SSSR count). The van der Waals surface area contributed by atoms with Crippen molar-refractivity contribution < 1.29 is 4.79 Å². The van der Waals surface area contributed by atoms with Crippen molar-refractivity contribution in [1.29, 1.82) is 0 Å². The van der Waals surface area contributed by atoms with Crippen LogP contribution in [0.5, 0.6) is 0 Å². The summed E-state index contributed by atoms with van der Waals surface area (Å²) in [6.45, 7) is 4.47. The predicted octanol–water partition coefficient (Wildman–Crippen LogP) is 3.48. The van der Waals surface area contributed by atoms with Gasteiger partial charge in [0.25, 0.3) is 5.91 Å². The van der Waals surface area contributed by atoms with Crippen LogP contribution in [0.1, 0.15) is 43.5 Å². The van der Waals surface area contributed by atoms with Crippen molar-refractivity contribution in [3.63, 3.8) is 0 Å². The minimum Gasteiger partial charge on any atom is -0.398 e. The summed E-state index contributed by atoms with van der Waals surface area (Å²) in [5.41, 5.74) is 6.72. The summed E-state index contributed by atoms with van der Waals surface area (Å²) in [6.07, 6.45) is 3.49. The van der Waals surface area contributed by atoms with Crippen LogP contribution in [0.4, 0.5) is 5.69 Å². The number of halogens is 1. The average Bonchev–Trinajstić information content (AvgIpc) is 2.38. The lowest BCUT2D eigenvalue weighted by Crippen LogP contribution is -2.43. The van der Waals surface area contributed by atoms with E-state index >= 15 is 0 Å². The molecule has 4 heteroatoms. The monoisotopic (exact) mass is 280 g/mol. The summed E-state index contributed by atoms with van der Waals surface area (Å²) in [6, 6.07) is 5.27. The van der Waals surface area contributed by atoms with Gasteiger partial charge in [-0.25, -0.2) is 0 Å². The lowest BCUT2D eigenvalue weighted by Gasteiger charge is -2.34. The highest BCUT2D eigenvalue weighted by Crippen LogP contribution is 2.29. The number of amides is 1. The van der Waals surface area contributed by atoms with E-state index in [-0.39, 0.29) is 11.9 Å². The second kappa shape index (κ2) is 5.83. The fourth-order valence-electron chi connectivity index (χ4n) is 2.71. The summed E-state index contributed by atoms with van der Waals surface area (Å²) in [5, 5.41) is 3.55. The second-order valence-electron chi connectivity index (χ2n) is 5.58. The molecule has 1 aliphatic carbocycles. The summed E-state index contributed by atoms with van der Waals surface area (Å²) in [4.78, 5) is 12.2. The molecule has 3 nitrogen and oxygen atoms in total. The molecule has 1 amide bonds. The number of anilines is 1. The minimum atomic E-state index is -0.0622. The first kappa shape index (κ1) is 14.2. The van der Waals surface area contributed by atoms with Gasteiger partial charge in [0.15, 0.2) is 0 Å². The molecule has 0 aromatic heterocycles. The molecule has 0 heterocycles. The molecule has 0 spiro atoms. The summed E-state index contributed by atoms with van der Waals surface area (Å²) in [5.74, 6) is 1.11. The number of hydrogen-bond donors (Lipinski definition) is 2. The highest BCUT2D eigenvalue weighted by Gasteiger charge is 2.28. The molecule has 3 unspecified atom stereocenters. The predicted molar refractivity (Wildman–Crippen MR) is 79.3 cm³/mol. The van der Waals surface area contributed by atoms with E-state index in [2.05, 4.69) is 19.2 Å². The Bertz CT molecular complexity index is 475. The SMILES string of the molecule is CC1CCCC(NC(=O)c2ccc(N)c(Cl)c2)C1C. The highest BCUT2D eigenvalue weighted by molar-refractivity contribution is 6.33. The van der Waals surface area contributed by atoms with E-state index in [1.807, 2.05) is 0 Å². The van der Waals surface area contributed by atoms with Gasteiger partial charge in [0.2, 0.25) is 0 Å². The van der Waals surface area contributed by atoms with Crippen LogP contribution in [-0.4, -0.2) is 11.9 Å². The van der Waals surface area contributed by atoms with Crippen LogP contribution < -0.4 is 11.1 Å². The van der Waals surface area contributed by atoms with E-state index in [1.165, 1.54) is 12.8 Å². The van der Waals surface area contributed by atoms with Gasteiger partial charge in [0, 0.05) is 11.6 Å². The van der Waals surface area contributed by atoms with Crippen molar-refractivity contribution in [2.24, 2.45) is 11.8 Å². The normalized spacial score (nSPS) is 27.0. The third-order valence-electron chi connectivity index (χ3n) is 4.29. The number of rotatable bonds is 2. The van der Waals surface area contributed by atoms with Gasteiger partial charge in [-0.2, -0.15) is 0 Å². The molecule has 0 bridgehead atoms. The zero-order chi connectivity index (χ0) is 14.0. The third-order valence-corrected chi connectivity index (χ3v) is 4.61. The van der Waals surface area contributed by atoms with Crippen LogP contribution in [-0.2, 0) is 0 Å². The molecular weight excluding hydrogens is 260 g/mol. The second-order valence-corrected chi connectivity index (χ2v) is 5.99. The van der Waals surface area contributed by atoms with Gasteiger partial charge in [-0.05, 0) is 36.5 Å². The van der Waals surface area contributed by atoms with Crippen molar-refractivity contribution in [1.82, 2.24) is 5.32 Å². The van der Waals surface area contributed by atoms with Crippen molar-refractivity contribution in [3.05, 3.63) is 28.8 Å². The first-order valence-electron chi connectivity index (χ1n) is 6.85. The van der Waals surface area contributed by atoms with E-state index in [9.17, 15) is 4.79 Å². The zero-order valence-corrected chi connectivity index (χ0v) is 12.2. The molecule has 1 aromatic carbocycles. The first-order chi connectivity index (χ1) is 8.99. The molecule has 0 aliphatic heterocycles. The molecule has 1 aromatic rings. The minimum absolute atomic E-state index is 0.0622. The quantitative estimate of drug-likeness (QED) is 0.815. The van der Waals surface area contributed by atoms with Crippen LogP contribution in [0, 0.1) is 11.8 Å². The van der Waals surface area contributed by atoms with Crippen LogP contribution in [0.15, 0.2) is 18.2 Å². The van der Waals surface area contributed by atoms with Crippen LogP contribution in [0.3, 0.4) is 0 Å². The largest absolute Gasteiger partial charge is 0.398 e. The van der Waals surface area contributed by atoms with Gasteiger partial charge in [-0.1, -0.05) is 38.3 Å². The van der Waals surface area contributed by atoms with Crippen molar-refractivity contribution in [2.45, 2.75) is 39.2 Å². The Morgan fingerprint density at radius 3 is 2.79 bits per heavy atom. The highest BCUT2D eigenvalue weighted by atomic mass is 35.5. The van der Waals surface area contributed by atoms with Crippen molar-refractivity contribution in [3.8, 4) is 0 Å². The van der Waals surface area contributed by atoms with E-state index in [0.717, 1.165) is 6.42 Å². The average molecular weight is 281 g/mol. The molecule has 1 aliphatic rings. The summed E-state index contributed by atoms with van der Waals surface area (Å²) < 4.78 is 0. The van der Waals surface area contributed by atoms with E-state index < -0.39 is 0 Å². The fourth-order valence-corrected chi connectivity index (χ4v) is 2.89. The van der Waals surface area contributed by atoms with Crippen LogP contribution in [0.2, 0.25) is 5.02 Å². The maximum Gasteiger partial charge on any atom is 0.251 e. The van der Waals surface area contributed by atoms with Crippen LogP contribution >= 0.6 is 11.6 Å². The molecule has 104 valence electrons. The maximum atomic E-state index is 12.2. The Morgan fingerprint density at radius 2 is 2.11 bits per heavy atom. The Hall–Kier alpha value is -1.22. The Kier molecular flexibility index (Phi) is 4.35. The van der Waals surface area contributed by atoms with Crippen LogP contribution in [0.25, 0.3) is 0 Å². The Labute approximate surface area is 119 Å². The topological polar surface area (TPSA) is 55.1 Å². The van der Waals surface area contributed by atoms with Gasteiger partial charge >= 0.3 is 0 Å². The molecule has 3 atom stereocenters. The fraction of sp³-hybridized carbons (Fsp3) is 0.533. The zero-order valence-electron chi connectivity index (χ0n) is 11.4. The first-order valence-corrected chi connectivity index (χ1v) is 7.22. The van der Waals surface area contributed by atoms with Gasteiger partial charge in [-0.15, -0.1) is 0 Å². The van der Waals surface area contributed by atoms with Gasteiger partial charge in [-0.3, -0.25) is 4.79 Å².